The van der Waals surface area contributed by atoms with Crippen molar-refractivity contribution < 1.29 is 13.2 Å². The van der Waals surface area contributed by atoms with E-state index in [0.717, 1.165) is 31.4 Å². The Morgan fingerprint density at radius 3 is 2.48 bits per heavy atom. The summed E-state index contributed by atoms with van der Waals surface area (Å²) in [6, 6.07) is 5.93. The number of nitrogens with zero attached hydrogens (tertiary/aromatic N) is 1. The lowest BCUT2D eigenvalue weighted by molar-refractivity contribution is -0.119. The molecule has 1 amide bonds. The van der Waals surface area contributed by atoms with E-state index in [4.69, 9.17) is 11.6 Å². The van der Waals surface area contributed by atoms with Crippen molar-refractivity contribution in [1.82, 2.24) is 0 Å². The Bertz CT molecular complexity index is 823. The Morgan fingerprint density at radius 2 is 1.88 bits per heavy atom. The number of benzene rings is 1. The van der Waals surface area contributed by atoms with E-state index < -0.39 is 9.84 Å². The minimum absolute atomic E-state index is 0.0271. The van der Waals surface area contributed by atoms with Gasteiger partial charge in [-0.3, -0.25) is 4.79 Å². The molecule has 1 aromatic rings. The average Bonchev–Trinajstić information content (AvgIpc) is 2.97. The van der Waals surface area contributed by atoms with Gasteiger partial charge >= 0.3 is 0 Å². The molecule has 2 aliphatic carbocycles. The molecule has 136 valence electrons. The van der Waals surface area contributed by atoms with Crippen LogP contribution in [0.15, 0.2) is 18.2 Å². The van der Waals surface area contributed by atoms with Crippen molar-refractivity contribution in [3.05, 3.63) is 28.8 Å². The van der Waals surface area contributed by atoms with E-state index in [0.29, 0.717) is 18.0 Å². The number of anilines is 1. The Morgan fingerprint density at radius 1 is 1.20 bits per heavy atom. The molecule has 1 aliphatic heterocycles. The largest absolute Gasteiger partial charge is 0.310 e. The maximum atomic E-state index is 13.1. The van der Waals surface area contributed by atoms with E-state index in [-0.39, 0.29) is 22.5 Å². The van der Waals surface area contributed by atoms with Gasteiger partial charge in [0.15, 0.2) is 0 Å². The van der Waals surface area contributed by atoms with E-state index in [9.17, 15) is 13.2 Å². The summed E-state index contributed by atoms with van der Waals surface area (Å²) in [5.74, 6) is 0.138. The van der Waals surface area contributed by atoms with E-state index >= 15 is 0 Å². The Labute approximate surface area is 154 Å². The molecule has 2 saturated carbocycles. The minimum Gasteiger partial charge on any atom is -0.310 e. The summed E-state index contributed by atoms with van der Waals surface area (Å²) in [6.07, 6.45) is 7.77. The van der Waals surface area contributed by atoms with Crippen molar-refractivity contribution in [3.63, 3.8) is 0 Å². The highest BCUT2D eigenvalue weighted by Gasteiger charge is 2.51. The van der Waals surface area contributed by atoms with Crippen molar-refractivity contribution in [3.8, 4) is 0 Å². The number of amides is 1. The van der Waals surface area contributed by atoms with Gasteiger partial charge in [-0.25, -0.2) is 8.42 Å². The number of carbonyl (C=O) groups is 1. The lowest BCUT2D eigenvalue weighted by Crippen LogP contribution is -2.37. The van der Waals surface area contributed by atoms with Crippen molar-refractivity contribution in [2.24, 2.45) is 5.41 Å². The SMILES string of the molecule is CS(=O)(=O)CC1(CC(=O)N2CC3(CCCC3)c3cccc(Cl)c32)CC1. The zero-order chi connectivity index (χ0) is 17.9. The smallest absolute Gasteiger partial charge is 0.227 e. The first-order valence-electron chi connectivity index (χ1n) is 9.01. The van der Waals surface area contributed by atoms with Crippen LogP contribution in [-0.2, 0) is 20.0 Å². The Kier molecular flexibility index (Phi) is 3.97. The zero-order valence-corrected chi connectivity index (χ0v) is 16.1. The third-order valence-corrected chi connectivity index (χ3v) is 7.64. The van der Waals surface area contributed by atoms with Crippen LogP contribution < -0.4 is 4.90 Å². The van der Waals surface area contributed by atoms with Crippen molar-refractivity contribution in [2.75, 3.05) is 23.5 Å². The van der Waals surface area contributed by atoms with Gasteiger partial charge in [0.1, 0.15) is 9.84 Å². The van der Waals surface area contributed by atoms with Crippen LogP contribution in [0.1, 0.15) is 50.5 Å². The predicted octanol–water partition coefficient (Wildman–Crippen LogP) is 3.71. The number of sulfone groups is 1. The van der Waals surface area contributed by atoms with E-state index in [1.165, 1.54) is 24.7 Å². The summed E-state index contributed by atoms with van der Waals surface area (Å²) < 4.78 is 23.4. The molecule has 1 aromatic carbocycles. The molecule has 25 heavy (non-hydrogen) atoms. The highest BCUT2D eigenvalue weighted by atomic mass is 35.5. The van der Waals surface area contributed by atoms with Crippen molar-refractivity contribution in [1.29, 1.82) is 0 Å². The fraction of sp³-hybridized carbons (Fsp3) is 0.632. The van der Waals surface area contributed by atoms with Crippen molar-refractivity contribution in [2.45, 2.75) is 50.4 Å². The second kappa shape index (κ2) is 5.71. The number of hydrogen-bond donors (Lipinski definition) is 0. The molecule has 0 N–H and O–H groups in total. The van der Waals surface area contributed by atoms with Gasteiger partial charge in [0.25, 0.3) is 0 Å². The van der Waals surface area contributed by atoms with Gasteiger partial charge in [-0.1, -0.05) is 36.6 Å². The van der Waals surface area contributed by atoms with Gasteiger partial charge in [0, 0.05) is 24.6 Å². The van der Waals surface area contributed by atoms with Gasteiger partial charge < -0.3 is 4.90 Å². The predicted molar refractivity (Wildman–Crippen MR) is 99.9 cm³/mol. The first kappa shape index (κ1) is 17.3. The van der Waals surface area contributed by atoms with Gasteiger partial charge in [0.05, 0.1) is 16.5 Å². The lowest BCUT2D eigenvalue weighted by atomic mass is 9.81. The molecule has 4 rings (SSSR count). The molecule has 0 bridgehead atoms. The highest BCUT2D eigenvalue weighted by Crippen LogP contribution is 2.55. The number of hydrogen-bond acceptors (Lipinski definition) is 3. The number of carbonyl (C=O) groups excluding carboxylic acids is 1. The number of para-hydroxylation sites is 1. The molecular weight excluding hydrogens is 358 g/mol. The summed E-state index contributed by atoms with van der Waals surface area (Å²) in [5, 5.41) is 0.627. The Balaban J connectivity index is 1.62. The first-order valence-corrected chi connectivity index (χ1v) is 11.4. The zero-order valence-electron chi connectivity index (χ0n) is 14.6. The third-order valence-electron chi connectivity index (χ3n) is 6.20. The molecule has 0 aromatic heterocycles. The molecule has 6 heteroatoms. The van der Waals surface area contributed by atoms with E-state index in [1.54, 1.807) is 0 Å². The van der Waals surface area contributed by atoms with Gasteiger partial charge in [0.2, 0.25) is 5.91 Å². The maximum Gasteiger partial charge on any atom is 0.227 e. The van der Waals surface area contributed by atoms with Gasteiger partial charge in [-0.15, -0.1) is 0 Å². The second-order valence-corrected chi connectivity index (χ2v) is 10.9. The fourth-order valence-corrected chi connectivity index (χ4v) is 6.68. The van der Waals surface area contributed by atoms with Crippen LogP contribution in [0.5, 0.6) is 0 Å². The Hall–Kier alpha value is -1.07. The monoisotopic (exact) mass is 381 g/mol. The molecule has 3 aliphatic rings. The van der Waals surface area contributed by atoms with Gasteiger partial charge in [-0.2, -0.15) is 0 Å². The second-order valence-electron chi connectivity index (χ2n) is 8.35. The molecule has 1 spiro atoms. The highest BCUT2D eigenvalue weighted by molar-refractivity contribution is 7.90. The topological polar surface area (TPSA) is 54.5 Å². The minimum atomic E-state index is -3.08. The summed E-state index contributed by atoms with van der Waals surface area (Å²) in [5.41, 5.74) is 1.77. The summed E-state index contributed by atoms with van der Waals surface area (Å²) in [7, 11) is -3.08. The fourth-order valence-electron chi connectivity index (χ4n) is 4.90. The lowest BCUT2D eigenvalue weighted by Gasteiger charge is -2.25. The molecular formula is C19H24ClNO3S. The molecule has 0 radical (unpaired) electrons. The van der Waals surface area contributed by atoms with E-state index in [2.05, 4.69) is 6.07 Å². The summed E-state index contributed by atoms with van der Waals surface area (Å²) in [4.78, 5) is 15.0. The van der Waals surface area contributed by atoms with Crippen LogP contribution in [0.4, 0.5) is 5.69 Å². The number of halogens is 1. The van der Waals surface area contributed by atoms with Crippen LogP contribution in [-0.4, -0.2) is 32.9 Å². The number of fused-ring (bicyclic) bond motifs is 2. The quantitative estimate of drug-likeness (QED) is 0.798. The molecule has 0 unspecified atom stereocenters. The third kappa shape index (κ3) is 3.10. The van der Waals surface area contributed by atoms with Crippen molar-refractivity contribution >= 4 is 33.0 Å². The van der Waals surface area contributed by atoms with Crippen LogP contribution in [0.25, 0.3) is 0 Å². The average molecular weight is 382 g/mol. The molecule has 0 saturated heterocycles. The van der Waals surface area contributed by atoms with Crippen LogP contribution in [0.3, 0.4) is 0 Å². The molecule has 2 fully saturated rings. The first-order chi connectivity index (χ1) is 11.7. The van der Waals surface area contributed by atoms with E-state index in [1.807, 2.05) is 17.0 Å². The molecule has 0 atom stereocenters. The van der Waals surface area contributed by atoms with Gasteiger partial charge in [-0.05, 0) is 42.7 Å². The molecule has 4 nitrogen and oxygen atoms in total. The summed E-state index contributed by atoms with van der Waals surface area (Å²) in [6.45, 7) is 0.694. The standard InChI is InChI=1S/C19H24ClNO3S/c1-25(23,24)13-18(9-10-18)11-16(22)21-12-19(7-2-3-8-19)14-5-4-6-15(20)17(14)21/h4-6H,2-3,7-13H2,1H3. The van der Waals surface area contributed by atoms with Crippen LogP contribution in [0.2, 0.25) is 5.02 Å². The maximum absolute atomic E-state index is 13.1. The normalized spacial score (nSPS) is 23.0. The number of rotatable bonds is 4. The van der Waals surface area contributed by atoms with Crippen LogP contribution >= 0.6 is 11.6 Å². The summed E-state index contributed by atoms with van der Waals surface area (Å²) >= 11 is 6.47. The van der Waals surface area contributed by atoms with Crippen LogP contribution in [0, 0.1) is 5.41 Å². The molecule has 1 heterocycles.